The van der Waals surface area contributed by atoms with Crippen molar-refractivity contribution in [1.82, 2.24) is 10.2 Å². The van der Waals surface area contributed by atoms with Crippen molar-refractivity contribution in [1.29, 1.82) is 0 Å². The Hall–Kier alpha value is -0.380. The molecule has 0 fully saturated rings. The Morgan fingerprint density at radius 1 is 1.53 bits per heavy atom. The van der Waals surface area contributed by atoms with Crippen LogP contribution >= 0.6 is 11.3 Å². The fourth-order valence-corrected chi connectivity index (χ4v) is 2.30. The molecule has 0 aromatic carbocycles. The lowest BCUT2D eigenvalue weighted by Gasteiger charge is -2.19. The molecule has 2 nitrogen and oxygen atoms in total. The zero-order valence-corrected chi connectivity index (χ0v) is 10.8. The van der Waals surface area contributed by atoms with Gasteiger partial charge in [-0.3, -0.25) is 0 Å². The van der Waals surface area contributed by atoms with Crippen LogP contribution in [0.5, 0.6) is 0 Å². The molecule has 0 aliphatic carbocycles. The molecule has 3 heteroatoms. The minimum absolute atomic E-state index is 0.625. The summed E-state index contributed by atoms with van der Waals surface area (Å²) in [5.74, 6) is 0. The van der Waals surface area contributed by atoms with Crippen LogP contribution in [0.4, 0.5) is 0 Å². The molecule has 0 radical (unpaired) electrons. The summed E-state index contributed by atoms with van der Waals surface area (Å²) in [6, 6.07) is 2.83. The highest BCUT2D eigenvalue weighted by Gasteiger charge is 2.04. The molecule has 0 saturated heterocycles. The van der Waals surface area contributed by atoms with Gasteiger partial charge in [-0.1, -0.05) is 6.92 Å². The Balaban J connectivity index is 2.16. The van der Waals surface area contributed by atoms with E-state index in [0.717, 1.165) is 19.6 Å². The van der Waals surface area contributed by atoms with E-state index in [0.29, 0.717) is 6.04 Å². The Kier molecular flexibility index (Phi) is 5.91. The highest BCUT2D eigenvalue weighted by molar-refractivity contribution is 7.07. The molecule has 0 spiro atoms. The third kappa shape index (κ3) is 5.30. The Morgan fingerprint density at radius 3 is 2.93 bits per heavy atom. The average Bonchev–Trinajstić information content (AvgIpc) is 2.68. The molecular formula is C12H22N2S. The number of nitrogens with one attached hydrogen (secondary N) is 1. The first-order valence-corrected chi connectivity index (χ1v) is 6.59. The van der Waals surface area contributed by atoms with Crippen LogP contribution in [-0.2, 0) is 6.54 Å². The van der Waals surface area contributed by atoms with Crippen LogP contribution in [-0.4, -0.2) is 31.1 Å². The van der Waals surface area contributed by atoms with Crippen LogP contribution < -0.4 is 5.32 Å². The first kappa shape index (κ1) is 12.7. The second-order valence-corrected chi connectivity index (χ2v) is 4.90. The maximum Gasteiger partial charge on any atom is 0.0238 e. The summed E-state index contributed by atoms with van der Waals surface area (Å²) in [5, 5.41) is 7.80. The van der Waals surface area contributed by atoms with Crippen LogP contribution in [0.3, 0.4) is 0 Å². The van der Waals surface area contributed by atoms with Gasteiger partial charge in [0.2, 0.25) is 0 Å². The quantitative estimate of drug-likeness (QED) is 0.769. The molecule has 1 atom stereocenters. The molecule has 1 unspecified atom stereocenters. The van der Waals surface area contributed by atoms with Gasteiger partial charge in [-0.2, -0.15) is 11.3 Å². The Bertz CT molecular complexity index is 246. The van der Waals surface area contributed by atoms with Crippen LogP contribution in [0.1, 0.15) is 25.8 Å². The molecule has 0 aliphatic heterocycles. The van der Waals surface area contributed by atoms with Crippen molar-refractivity contribution >= 4 is 11.3 Å². The third-order valence-electron chi connectivity index (χ3n) is 2.53. The van der Waals surface area contributed by atoms with Gasteiger partial charge in [-0.15, -0.1) is 0 Å². The van der Waals surface area contributed by atoms with Crippen LogP contribution in [0.2, 0.25) is 0 Å². The summed E-state index contributed by atoms with van der Waals surface area (Å²) in [6.07, 6.45) is 1.22. The van der Waals surface area contributed by atoms with Crippen molar-refractivity contribution < 1.29 is 0 Å². The minimum atomic E-state index is 0.625. The summed E-state index contributed by atoms with van der Waals surface area (Å²) >= 11 is 1.78. The van der Waals surface area contributed by atoms with Crippen LogP contribution in [0.15, 0.2) is 16.8 Å². The van der Waals surface area contributed by atoms with E-state index in [1.54, 1.807) is 11.3 Å². The first-order chi connectivity index (χ1) is 7.22. The monoisotopic (exact) mass is 226 g/mol. The second-order valence-electron chi connectivity index (χ2n) is 4.12. The average molecular weight is 226 g/mol. The van der Waals surface area contributed by atoms with E-state index in [9.17, 15) is 0 Å². The van der Waals surface area contributed by atoms with Gasteiger partial charge in [0.05, 0.1) is 0 Å². The van der Waals surface area contributed by atoms with E-state index in [1.165, 1.54) is 12.0 Å². The summed E-state index contributed by atoms with van der Waals surface area (Å²) in [6.45, 7) is 7.70. The van der Waals surface area contributed by atoms with Gasteiger partial charge in [0.15, 0.2) is 0 Å². The molecule has 0 aliphatic rings. The van der Waals surface area contributed by atoms with Crippen molar-refractivity contribution in [3.05, 3.63) is 22.4 Å². The lowest BCUT2D eigenvalue weighted by atomic mass is 10.2. The largest absolute Gasteiger partial charge is 0.314 e. The van der Waals surface area contributed by atoms with Crippen molar-refractivity contribution in [3.63, 3.8) is 0 Å². The summed E-state index contributed by atoms with van der Waals surface area (Å²) in [5.41, 5.74) is 1.43. The van der Waals surface area contributed by atoms with Crippen molar-refractivity contribution in [2.75, 3.05) is 20.1 Å². The Morgan fingerprint density at radius 2 is 2.33 bits per heavy atom. The van der Waals surface area contributed by atoms with Gasteiger partial charge < -0.3 is 10.2 Å². The summed E-state index contributed by atoms with van der Waals surface area (Å²) < 4.78 is 0. The van der Waals surface area contributed by atoms with Gasteiger partial charge in [0.25, 0.3) is 0 Å². The van der Waals surface area contributed by atoms with E-state index < -0.39 is 0 Å². The lowest BCUT2D eigenvalue weighted by molar-refractivity contribution is 0.305. The van der Waals surface area contributed by atoms with Gasteiger partial charge in [0, 0.05) is 12.6 Å². The molecule has 0 amide bonds. The molecule has 1 aromatic heterocycles. The van der Waals surface area contributed by atoms with Crippen molar-refractivity contribution in [2.24, 2.45) is 0 Å². The summed E-state index contributed by atoms with van der Waals surface area (Å²) in [4.78, 5) is 2.38. The molecule has 1 N–H and O–H groups in total. The fourth-order valence-electron chi connectivity index (χ4n) is 1.64. The molecule has 1 rings (SSSR count). The number of nitrogens with zero attached hydrogens (tertiary/aromatic N) is 1. The Labute approximate surface area is 97.3 Å². The number of hydrogen-bond donors (Lipinski definition) is 1. The number of rotatable bonds is 7. The normalized spacial score (nSPS) is 13.3. The highest BCUT2D eigenvalue weighted by atomic mass is 32.1. The molecule has 15 heavy (non-hydrogen) atoms. The number of thiophene rings is 1. The van der Waals surface area contributed by atoms with Crippen LogP contribution in [0, 0.1) is 0 Å². The SMILES string of the molecule is CCNC(C)CCN(C)Cc1ccsc1. The predicted molar refractivity (Wildman–Crippen MR) is 68.4 cm³/mol. The van der Waals surface area contributed by atoms with E-state index in [4.69, 9.17) is 0 Å². The van der Waals surface area contributed by atoms with Gasteiger partial charge in [0.1, 0.15) is 0 Å². The minimum Gasteiger partial charge on any atom is -0.314 e. The third-order valence-corrected chi connectivity index (χ3v) is 3.26. The van der Waals surface area contributed by atoms with E-state index in [-0.39, 0.29) is 0 Å². The molecular weight excluding hydrogens is 204 g/mol. The lowest BCUT2D eigenvalue weighted by Crippen LogP contribution is -2.30. The van der Waals surface area contributed by atoms with E-state index in [1.807, 2.05) is 0 Å². The smallest absolute Gasteiger partial charge is 0.0238 e. The zero-order chi connectivity index (χ0) is 11.1. The van der Waals surface area contributed by atoms with Gasteiger partial charge >= 0.3 is 0 Å². The predicted octanol–water partition coefficient (Wildman–Crippen LogP) is 2.57. The fraction of sp³-hybridized carbons (Fsp3) is 0.667. The van der Waals surface area contributed by atoms with Gasteiger partial charge in [-0.25, -0.2) is 0 Å². The molecule has 0 saturated carbocycles. The maximum atomic E-state index is 3.44. The standard InChI is InChI=1S/C12H22N2S/c1-4-13-11(2)5-7-14(3)9-12-6-8-15-10-12/h6,8,10-11,13H,4-5,7,9H2,1-3H3. The summed E-state index contributed by atoms with van der Waals surface area (Å²) in [7, 11) is 2.19. The molecule has 1 aromatic rings. The maximum absolute atomic E-state index is 3.44. The topological polar surface area (TPSA) is 15.3 Å². The van der Waals surface area contributed by atoms with Crippen molar-refractivity contribution in [2.45, 2.75) is 32.9 Å². The zero-order valence-electron chi connectivity index (χ0n) is 9.99. The van der Waals surface area contributed by atoms with Crippen LogP contribution in [0.25, 0.3) is 0 Å². The second kappa shape index (κ2) is 6.99. The number of hydrogen-bond acceptors (Lipinski definition) is 3. The molecule has 1 heterocycles. The first-order valence-electron chi connectivity index (χ1n) is 5.65. The van der Waals surface area contributed by atoms with Gasteiger partial charge in [-0.05, 0) is 55.9 Å². The van der Waals surface area contributed by atoms with E-state index >= 15 is 0 Å². The van der Waals surface area contributed by atoms with E-state index in [2.05, 4.69) is 47.9 Å². The molecule has 0 bridgehead atoms. The highest BCUT2D eigenvalue weighted by Crippen LogP contribution is 2.08. The molecule has 86 valence electrons. The van der Waals surface area contributed by atoms with Crippen molar-refractivity contribution in [3.8, 4) is 0 Å².